The Labute approximate surface area is 191 Å². The maximum Gasteiger partial charge on any atom is 0.238 e. The van der Waals surface area contributed by atoms with E-state index in [4.69, 9.17) is 4.52 Å². The van der Waals surface area contributed by atoms with Crippen molar-refractivity contribution >= 4 is 17.5 Å². The molecule has 1 fully saturated rings. The molecule has 0 radical (unpaired) electrons. The smallest absolute Gasteiger partial charge is 0.238 e. The van der Waals surface area contributed by atoms with E-state index in [2.05, 4.69) is 25.7 Å². The lowest BCUT2D eigenvalue weighted by Crippen LogP contribution is -2.46. The molecular weight excluding hydrogens is 425 g/mol. The molecule has 1 aliphatic heterocycles. The number of para-hydroxylation sites is 1. The van der Waals surface area contributed by atoms with Crippen LogP contribution in [0.4, 0.5) is 10.1 Å². The molecule has 2 N–H and O–H groups in total. The average Bonchev–Trinajstić information content (AvgIpc) is 3.29. The summed E-state index contributed by atoms with van der Waals surface area (Å²) in [6.45, 7) is 1.83. The van der Waals surface area contributed by atoms with E-state index in [0.29, 0.717) is 30.2 Å². The van der Waals surface area contributed by atoms with E-state index < -0.39 is 0 Å². The topological polar surface area (TPSA) is 100 Å². The Morgan fingerprint density at radius 3 is 2.48 bits per heavy atom. The maximum absolute atomic E-state index is 13.0. The molecule has 4 rings (SSSR count). The highest BCUT2D eigenvalue weighted by Crippen LogP contribution is 2.17. The Hall–Kier alpha value is -3.59. The van der Waals surface area contributed by atoms with Gasteiger partial charge in [-0.3, -0.25) is 14.5 Å². The van der Waals surface area contributed by atoms with Crippen LogP contribution in [0, 0.1) is 5.82 Å². The standard InChI is InChI=1S/C24H26FN5O3/c25-18-8-6-17(7-9-18)24-28-23(33-29-24)11-10-21(31)26-20-12-14-30(15-13-20)16-22(32)27-19-4-2-1-3-5-19/h1-9,20H,10-16H2,(H,26,31)(H,27,32). The zero-order valence-corrected chi connectivity index (χ0v) is 18.2. The van der Waals surface area contributed by atoms with Gasteiger partial charge < -0.3 is 15.2 Å². The number of nitrogens with one attached hydrogen (secondary N) is 2. The number of piperidine rings is 1. The number of likely N-dealkylation sites (tertiary alicyclic amines) is 1. The summed E-state index contributed by atoms with van der Waals surface area (Å²) in [5.41, 5.74) is 1.44. The van der Waals surface area contributed by atoms with Crippen LogP contribution in [0.1, 0.15) is 25.2 Å². The van der Waals surface area contributed by atoms with Gasteiger partial charge in [0.1, 0.15) is 5.82 Å². The van der Waals surface area contributed by atoms with Crippen LogP contribution in [0.25, 0.3) is 11.4 Å². The molecule has 1 saturated heterocycles. The Bertz CT molecular complexity index is 1060. The number of hydrogen-bond donors (Lipinski definition) is 2. The molecule has 1 aromatic heterocycles. The highest BCUT2D eigenvalue weighted by atomic mass is 19.1. The lowest BCUT2D eigenvalue weighted by atomic mass is 10.0. The number of halogens is 1. The number of hydrogen-bond acceptors (Lipinski definition) is 6. The number of nitrogens with zero attached hydrogens (tertiary/aromatic N) is 3. The molecule has 2 aromatic carbocycles. The molecule has 33 heavy (non-hydrogen) atoms. The molecule has 2 heterocycles. The zero-order valence-electron chi connectivity index (χ0n) is 18.2. The number of rotatable bonds is 8. The molecule has 9 heteroatoms. The highest BCUT2D eigenvalue weighted by molar-refractivity contribution is 5.92. The number of benzene rings is 2. The Morgan fingerprint density at radius 2 is 1.76 bits per heavy atom. The minimum absolute atomic E-state index is 0.0387. The average molecular weight is 452 g/mol. The van der Waals surface area contributed by atoms with Gasteiger partial charge in [0.2, 0.25) is 23.5 Å². The fraction of sp³-hybridized carbons (Fsp3) is 0.333. The van der Waals surface area contributed by atoms with E-state index in [1.54, 1.807) is 12.1 Å². The second kappa shape index (κ2) is 10.8. The first-order valence-corrected chi connectivity index (χ1v) is 11.0. The summed E-state index contributed by atoms with van der Waals surface area (Å²) in [6, 6.07) is 15.3. The molecule has 172 valence electrons. The number of carbonyl (C=O) groups excluding carboxylic acids is 2. The van der Waals surface area contributed by atoms with Crippen molar-refractivity contribution in [1.29, 1.82) is 0 Å². The van der Waals surface area contributed by atoms with Crippen molar-refractivity contribution in [1.82, 2.24) is 20.4 Å². The van der Waals surface area contributed by atoms with Gasteiger partial charge in [-0.1, -0.05) is 23.4 Å². The maximum atomic E-state index is 13.0. The predicted octanol–water partition coefficient (Wildman–Crippen LogP) is 3.03. The Morgan fingerprint density at radius 1 is 1.03 bits per heavy atom. The van der Waals surface area contributed by atoms with Crippen molar-refractivity contribution in [3.63, 3.8) is 0 Å². The number of aryl methyl sites for hydroxylation is 1. The quantitative estimate of drug-likeness (QED) is 0.546. The van der Waals surface area contributed by atoms with Gasteiger partial charge >= 0.3 is 0 Å². The van der Waals surface area contributed by atoms with Gasteiger partial charge in [-0.05, 0) is 49.2 Å². The van der Waals surface area contributed by atoms with Crippen molar-refractivity contribution in [3.05, 3.63) is 66.3 Å². The summed E-state index contributed by atoms with van der Waals surface area (Å²) in [4.78, 5) is 30.9. The van der Waals surface area contributed by atoms with Gasteiger partial charge in [0.15, 0.2) is 0 Å². The molecule has 1 aliphatic rings. The third-order valence-electron chi connectivity index (χ3n) is 5.51. The summed E-state index contributed by atoms with van der Waals surface area (Å²) in [5, 5.41) is 9.83. The van der Waals surface area contributed by atoms with Gasteiger partial charge in [0.05, 0.1) is 6.54 Å². The molecule has 2 amide bonds. The van der Waals surface area contributed by atoms with E-state index in [9.17, 15) is 14.0 Å². The minimum atomic E-state index is -0.333. The lowest BCUT2D eigenvalue weighted by Gasteiger charge is -2.31. The van der Waals surface area contributed by atoms with E-state index in [1.807, 2.05) is 30.3 Å². The fourth-order valence-corrected chi connectivity index (χ4v) is 3.75. The summed E-state index contributed by atoms with van der Waals surface area (Å²) in [7, 11) is 0. The van der Waals surface area contributed by atoms with Crippen LogP contribution >= 0.6 is 0 Å². The molecule has 0 saturated carbocycles. The first kappa shape index (κ1) is 22.6. The summed E-state index contributed by atoms with van der Waals surface area (Å²) >= 11 is 0. The van der Waals surface area contributed by atoms with Crippen molar-refractivity contribution in [3.8, 4) is 11.4 Å². The molecule has 3 aromatic rings. The fourth-order valence-electron chi connectivity index (χ4n) is 3.75. The van der Waals surface area contributed by atoms with Crippen LogP contribution in [0.15, 0.2) is 59.1 Å². The zero-order chi connectivity index (χ0) is 23.0. The van der Waals surface area contributed by atoms with Gasteiger partial charge in [-0.25, -0.2) is 4.39 Å². The Kier molecular flexibility index (Phi) is 7.41. The third-order valence-corrected chi connectivity index (χ3v) is 5.51. The second-order valence-electron chi connectivity index (χ2n) is 8.05. The second-order valence-corrected chi connectivity index (χ2v) is 8.05. The number of anilines is 1. The van der Waals surface area contributed by atoms with Gasteiger partial charge in [-0.15, -0.1) is 0 Å². The van der Waals surface area contributed by atoms with Crippen molar-refractivity contribution in [2.45, 2.75) is 31.7 Å². The largest absolute Gasteiger partial charge is 0.353 e. The van der Waals surface area contributed by atoms with Gasteiger partial charge in [-0.2, -0.15) is 4.98 Å². The monoisotopic (exact) mass is 451 g/mol. The lowest BCUT2D eigenvalue weighted by molar-refractivity contribution is -0.122. The Balaban J connectivity index is 1.15. The van der Waals surface area contributed by atoms with Crippen LogP contribution < -0.4 is 10.6 Å². The predicted molar refractivity (Wildman–Crippen MR) is 121 cm³/mol. The SMILES string of the molecule is O=C(CN1CCC(NC(=O)CCc2nc(-c3ccc(F)cc3)no2)CC1)Nc1ccccc1. The first-order chi connectivity index (χ1) is 16.0. The number of amides is 2. The van der Waals surface area contributed by atoms with Gasteiger partial charge in [0, 0.05) is 43.2 Å². The molecule has 0 spiro atoms. The van der Waals surface area contributed by atoms with E-state index >= 15 is 0 Å². The van der Waals surface area contributed by atoms with Gasteiger partial charge in [0.25, 0.3) is 0 Å². The normalized spacial score (nSPS) is 14.7. The highest BCUT2D eigenvalue weighted by Gasteiger charge is 2.22. The molecule has 8 nitrogen and oxygen atoms in total. The molecule has 0 bridgehead atoms. The number of aromatic nitrogens is 2. The van der Waals surface area contributed by atoms with E-state index in [-0.39, 0.29) is 30.1 Å². The minimum Gasteiger partial charge on any atom is -0.353 e. The number of carbonyl (C=O) groups is 2. The van der Waals surface area contributed by atoms with Crippen LogP contribution in [-0.4, -0.2) is 52.5 Å². The van der Waals surface area contributed by atoms with Crippen LogP contribution in [-0.2, 0) is 16.0 Å². The summed E-state index contributed by atoms with van der Waals surface area (Å²) in [6.07, 6.45) is 2.16. The van der Waals surface area contributed by atoms with E-state index in [1.165, 1.54) is 12.1 Å². The van der Waals surface area contributed by atoms with Crippen LogP contribution in [0.5, 0.6) is 0 Å². The van der Waals surface area contributed by atoms with Crippen molar-refractivity contribution < 1.29 is 18.5 Å². The molecule has 0 aliphatic carbocycles. The third kappa shape index (κ3) is 6.69. The molecule has 0 unspecified atom stereocenters. The summed E-state index contributed by atoms with van der Waals surface area (Å²) < 4.78 is 18.2. The van der Waals surface area contributed by atoms with Crippen molar-refractivity contribution in [2.24, 2.45) is 0 Å². The van der Waals surface area contributed by atoms with Crippen molar-refractivity contribution in [2.75, 3.05) is 25.0 Å². The van der Waals surface area contributed by atoms with Crippen LogP contribution in [0.3, 0.4) is 0 Å². The van der Waals surface area contributed by atoms with Crippen LogP contribution in [0.2, 0.25) is 0 Å². The van der Waals surface area contributed by atoms with E-state index in [0.717, 1.165) is 31.6 Å². The first-order valence-electron chi connectivity index (χ1n) is 11.0. The summed E-state index contributed by atoms with van der Waals surface area (Å²) in [5.74, 6) is 0.290. The molecular formula is C24H26FN5O3. The molecule has 0 atom stereocenters.